The first kappa shape index (κ1) is 30.4. The van der Waals surface area contributed by atoms with Crippen molar-refractivity contribution in [3.63, 3.8) is 0 Å². The van der Waals surface area contributed by atoms with Crippen LogP contribution in [0.3, 0.4) is 0 Å². The lowest BCUT2D eigenvalue weighted by molar-refractivity contribution is -0.143. The van der Waals surface area contributed by atoms with Crippen molar-refractivity contribution in [1.82, 2.24) is 4.90 Å². The summed E-state index contributed by atoms with van der Waals surface area (Å²) in [6.07, 6.45) is 2.49. The molecule has 1 atom stereocenters. The number of aromatic carboxylic acids is 1. The largest absolute Gasteiger partial charge is 0.493 e. The molecule has 1 fully saturated rings. The van der Waals surface area contributed by atoms with E-state index in [0.717, 1.165) is 23.3 Å². The Kier molecular flexibility index (Phi) is 9.92. The van der Waals surface area contributed by atoms with Crippen molar-refractivity contribution in [1.29, 1.82) is 0 Å². The Morgan fingerprint density at radius 2 is 1.50 bits per heavy atom. The number of hydrogen-bond acceptors (Lipinski definition) is 5. The molecule has 0 aromatic heterocycles. The fraction of sp³-hybridized carbons (Fsp3) is 0.250. The normalized spacial score (nSPS) is 14.5. The van der Waals surface area contributed by atoms with Gasteiger partial charge in [-0.3, -0.25) is 9.59 Å². The first-order chi connectivity index (χ1) is 21.4. The third-order valence-corrected chi connectivity index (χ3v) is 7.77. The molecule has 1 unspecified atom stereocenters. The van der Waals surface area contributed by atoms with E-state index in [4.69, 9.17) is 9.47 Å². The lowest BCUT2D eigenvalue weighted by Gasteiger charge is -2.31. The Labute approximate surface area is 256 Å². The standard InChI is InChI=1S/C36H35NO7/c38-34(37-20-4-9-30(23-37)36(41)42)32-22-29(35(39)40)16-19-33(32)43-21-5-6-25-12-17-31(18-13-25)44-24-26-10-14-28(15-11-26)27-7-2-1-3-8-27/h1-3,7-8,10-19,22,30H,4-6,9,20-21,23-24H2,(H,39,40)(H,41,42). The highest BCUT2D eigenvalue weighted by molar-refractivity contribution is 6.00. The molecule has 226 valence electrons. The Morgan fingerprint density at radius 3 is 2.20 bits per heavy atom. The number of rotatable bonds is 12. The van der Waals surface area contributed by atoms with Crippen LogP contribution in [-0.4, -0.2) is 52.7 Å². The number of carboxylic acids is 2. The second-order valence-corrected chi connectivity index (χ2v) is 10.9. The fourth-order valence-corrected chi connectivity index (χ4v) is 5.29. The number of nitrogens with zero attached hydrogens (tertiary/aromatic N) is 1. The predicted octanol–water partition coefficient (Wildman–Crippen LogP) is 6.58. The molecular weight excluding hydrogens is 558 g/mol. The van der Waals surface area contributed by atoms with E-state index in [1.54, 1.807) is 0 Å². The number of carbonyl (C=O) groups excluding carboxylic acids is 1. The van der Waals surface area contributed by atoms with Crippen molar-refractivity contribution in [3.8, 4) is 22.6 Å². The van der Waals surface area contributed by atoms with Crippen LogP contribution in [0.5, 0.6) is 11.5 Å². The minimum absolute atomic E-state index is 0.0287. The lowest BCUT2D eigenvalue weighted by atomic mass is 9.97. The van der Waals surface area contributed by atoms with Crippen LogP contribution < -0.4 is 9.47 Å². The third kappa shape index (κ3) is 7.83. The quantitative estimate of drug-likeness (QED) is 0.178. The van der Waals surface area contributed by atoms with Crippen LogP contribution in [0.4, 0.5) is 0 Å². The van der Waals surface area contributed by atoms with Crippen molar-refractivity contribution < 1.29 is 34.1 Å². The molecule has 2 N–H and O–H groups in total. The van der Waals surface area contributed by atoms with Gasteiger partial charge in [0.15, 0.2) is 0 Å². The van der Waals surface area contributed by atoms with Crippen molar-refractivity contribution in [2.45, 2.75) is 32.3 Å². The minimum Gasteiger partial charge on any atom is -0.493 e. The maximum atomic E-state index is 13.3. The van der Waals surface area contributed by atoms with E-state index >= 15 is 0 Å². The third-order valence-electron chi connectivity index (χ3n) is 7.77. The number of piperidine rings is 1. The molecule has 5 rings (SSSR count). The van der Waals surface area contributed by atoms with E-state index < -0.39 is 23.8 Å². The van der Waals surface area contributed by atoms with Crippen molar-refractivity contribution in [3.05, 3.63) is 119 Å². The highest BCUT2D eigenvalue weighted by Gasteiger charge is 2.30. The van der Waals surface area contributed by atoms with E-state index in [0.29, 0.717) is 39.0 Å². The highest BCUT2D eigenvalue weighted by atomic mass is 16.5. The number of carbonyl (C=O) groups is 3. The Bertz CT molecular complexity index is 1580. The molecule has 8 heteroatoms. The average Bonchev–Trinajstić information content (AvgIpc) is 3.06. The Morgan fingerprint density at radius 1 is 0.795 bits per heavy atom. The van der Waals surface area contributed by atoms with Crippen LogP contribution in [0.25, 0.3) is 11.1 Å². The molecule has 0 radical (unpaired) electrons. The monoisotopic (exact) mass is 593 g/mol. The molecule has 44 heavy (non-hydrogen) atoms. The van der Waals surface area contributed by atoms with E-state index in [1.807, 2.05) is 42.5 Å². The number of hydrogen-bond donors (Lipinski definition) is 2. The maximum absolute atomic E-state index is 13.3. The molecule has 8 nitrogen and oxygen atoms in total. The molecular formula is C36H35NO7. The summed E-state index contributed by atoms with van der Waals surface area (Å²) in [7, 11) is 0. The van der Waals surface area contributed by atoms with Crippen molar-refractivity contribution in [2.75, 3.05) is 19.7 Å². The molecule has 1 heterocycles. The molecule has 4 aromatic rings. The van der Waals surface area contributed by atoms with Gasteiger partial charge in [-0.2, -0.15) is 0 Å². The molecule has 0 spiro atoms. The summed E-state index contributed by atoms with van der Waals surface area (Å²) in [5.74, 6) is -2.08. The molecule has 1 amide bonds. The summed E-state index contributed by atoms with van der Waals surface area (Å²) in [6, 6.07) is 30.7. The van der Waals surface area contributed by atoms with E-state index in [2.05, 4.69) is 36.4 Å². The number of likely N-dealkylation sites (tertiary alicyclic amines) is 1. The molecule has 0 aliphatic carbocycles. The van der Waals surface area contributed by atoms with Gasteiger partial charge in [-0.05, 0) is 78.3 Å². The van der Waals surface area contributed by atoms with Gasteiger partial charge in [0, 0.05) is 13.1 Å². The van der Waals surface area contributed by atoms with Gasteiger partial charge in [0.25, 0.3) is 5.91 Å². The van der Waals surface area contributed by atoms with Gasteiger partial charge < -0.3 is 24.6 Å². The van der Waals surface area contributed by atoms with Gasteiger partial charge in [-0.1, -0.05) is 66.7 Å². The smallest absolute Gasteiger partial charge is 0.335 e. The summed E-state index contributed by atoms with van der Waals surface area (Å²) in [4.78, 5) is 37.8. The van der Waals surface area contributed by atoms with Crippen LogP contribution in [-0.2, 0) is 17.8 Å². The molecule has 1 aliphatic heterocycles. The summed E-state index contributed by atoms with van der Waals surface area (Å²) >= 11 is 0. The molecule has 4 aromatic carbocycles. The predicted molar refractivity (Wildman–Crippen MR) is 166 cm³/mol. The Hall–Kier alpha value is -5.11. The first-order valence-electron chi connectivity index (χ1n) is 14.8. The van der Waals surface area contributed by atoms with E-state index in [-0.39, 0.29) is 23.4 Å². The highest BCUT2D eigenvalue weighted by Crippen LogP contribution is 2.26. The number of carboxylic acid groups (broad SMARTS) is 2. The number of benzene rings is 4. The second kappa shape index (κ2) is 14.4. The van der Waals surface area contributed by atoms with Crippen molar-refractivity contribution in [2.24, 2.45) is 5.92 Å². The fourth-order valence-electron chi connectivity index (χ4n) is 5.29. The average molecular weight is 594 g/mol. The zero-order valence-electron chi connectivity index (χ0n) is 24.4. The van der Waals surface area contributed by atoms with Crippen LogP contribution in [0.1, 0.15) is 51.1 Å². The Balaban J connectivity index is 1.12. The topological polar surface area (TPSA) is 113 Å². The van der Waals surface area contributed by atoms with Gasteiger partial charge in [-0.15, -0.1) is 0 Å². The summed E-state index contributed by atoms with van der Waals surface area (Å²) in [5, 5.41) is 18.9. The molecule has 0 saturated carbocycles. The number of amides is 1. The number of aryl methyl sites for hydroxylation is 1. The SMILES string of the molecule is O=C(O)c1ccc(OCCCc2ccc(OCc3ccc(-c4ccccc4)cc3)cc2)c(C(=O)N2CCCC(C(=O)O)C2)c1. The van der Waals surface area contributed by atoms with Gasteiger partial charge in [-0.25, -0.2) is 4.79 Å². The summed E-state index contributed by atoms with van der Waals surface area (Å²) in [6.45, 7) is 1.30. The van der Waals surface area contributed by atoms with Crippen LogP contribution in [0, 0.1) is 5.92 Å². The van der Waals surface area contributed by atoms with Gasteiger partial charge >= 0.3 is 11.9 Å². The summed E-state index contributed by atoms with van der Waals surface area (Å²) < 4.78 is 11.9. The molecule has 0 bridgehead atoms. The zero-order chi connectivity index (χ0) is 30.9. The van der Waals surface area contributed by atoms with E-state index in [9.17, 15) is 24.6 Å². The van der Waals surface area contributed by atoms with Crippen LogP contribution in [0.2, 0.25) is 0 Å². The number of aliphatic carboxylic acids is 1. The summed E-state index contributed by atoms with van der Waals surface area (Å²) in [5.41, 5.74) is 4.64. The maximum Gasteiger partial charge on any atom is 0.335 e. The second-order valence-electron chi connectivity index (χ2n) is 10.9. The zero-order valence-corrected chi connectivity index (χ0v) is 24.4. The first-order valence-corrected chi connectivity index (χ1v) is 14.8. The van der Waals surface area contributed by atoms with Gasteiger partial charge in [0.05, 0.1) is 23.7 Å². The van der Waals surface area contributed by atoms with Gasteiger partial charge in [0.1, 0.15) is 18.1 Å². The minimum atomic E-state index is -1.15. The lowest BCUT2D eigenvalue weighted by Crippen LogP contribution is -2.42. The number of ether oxygens (including phenoxy) is 2. The molecule has 1 aliphatic rings. The van der Waals surface area contributed by atoms with Crippen molar-refractivity contribution >= 4 is 17.8 Å². The van der Waals surface area contributed by atoms with Crippen LogP contribution >= 0.6 is 0 Å². The van der Waals surface area contributed by atoms with Crippen LogP contribution in [0.15, 0.2) is 97.1 Å². The van der Waals surface area contributed by atoms with E-state index in [1.165, 1.54) is 34.2 Å². The molecule has 1 saturated heterocycles. The van der Waals surface area contributed by atoms with Gasteiger partial charge in [0.2, 0.25) is 0 Å².